The Bertz CT molecular complexity index is 1120. The van der Waals surface area contributed by atoms with Crippen LogP contribution in [-0.4, -0.2) is 29.3 Å². The number of terminal acetylenes is 1. The van der Waals surface area contributed by atoms with Crippen LogP contribution in [0.3, 0.4) is 0 Å². The van der Waals surface area contributed by atoms with Crippen LogP contribution in [-0.2, 0) is 13.0 Å². The van der Waals surface area contributed by atoms with Gasteiger partial charge >= 0.3 is 0 Å². The first-order valence-electron chi connectivity index (χ1n) is 9.12. The molecular weight excluding hydrogens is 388 g/mol. The van der Waals surface area contributed by atoms with Gasteiger partial charge in [0.2, 0.25) is 0 Å². The number of thiophene rings is 2. The largest absolute Gasteiger partial charge is 0.339 e. The summed E-state index contributed by atoms with van der Waals surface area (Å²) in [6.07, 6.45) is 6.03. The van der Waals surface area contributed by atoms with Crippen molar-refractivity contribution in [3.05, 3.63) is 56.1 Å². The monoisotopic (exact) mass is 408 g/mol. The van der Waals surface area contributed by atoms with Crippen LogP contribution in [0.2, 0.25) is 0 Å². The normalized spacial score (nSPS) is 14.4. The van der Waals surface area contributed by atoms with Crippen molar-refractivity contribution >= 4 is 44.6 Å². The van der Waals surface area contributed by atoms with Crippen molar-refractivity contribution in [1.82, 2.24) is 10.2 Å². The standard InChI is InChI=1S/C22H20N2O2S2/c1-4-14(3)23-21(25)17-12-27-20-11-24(8-7-16(17)20)22(26)19-10-15-6-5-13(2)9-18(15)28-19/h1,5-6,9-10,12,14H,7-8,11H2,2-3H3,(H,23,25). The van der Waals surface area contributed by atoms with Gasteiger partial charge in [-0.3, -0.25) is 9.59 Å². The van der Waals surface area contributed by atoms with Crippen molar-refractivity contribution in [2.75, 3.05) is 6.54 Å². The number of nitrogens with zero attached hydrogens (tertiary/aromatic N) is 1. The van der Waals surface area contributed by atoms with E-state index in [0.717, 1.165) is 25.4 Å². The van der Waals surface area contributed by atoms with Crippen LogP contribution < -0.4 is 5.32 Å². The molecule has 1 N–H and O–H groups in total. The van der Waals surface area contributed by atoms with Gasteiger partial charge < -0.3 is 10.2 Å². The van der Waals surface area contributed by atoms with E-state index in [4.69, 9.17) is 6.42 Å². The van der Waals surface area contributed by atoms with E-state index in [1.54, 1.807) is 18.3 Å². The van der Waals surface area contributed by atoms with Gasteiger partial charge in [-0.15, -0.1) is 29.1 Å². The van der Waals surface area contributed by atoms with Crippen LogP contribution in [0.5, 0.6) is 0 Å². The second-order valence-corrected chi connectivity index (χ2v) is 9.09. The molecule has 1 aliphatic heterocycles. The first-order valence-corrected chi connectivity index (χ1v) is 10.8. The number of carbonyl (C=O) groups excluding carboxylic acids is 2. The number of hydrogen-bond donors (Lipinski definition) is 1. The van der Waals surface area contributed by atoms with Gasteiger partial charge in [-0.05, 0) is 48.9 Å². The number of fused-ring (bicyclic) bond motifs is 2. The van der Waals surface area contributed by atoms with Gasteiger partial charge in [-0.2, -0.15) is 0 Å². The van der Waals surface area contributed by atoms with Gasteiger partial charge in [0.1, 0.15) is 0 Å². The topological polar surface area (TPSA) is 49.4 Å². The predicted octanol–water partition coefficient (Wildman–Crippen LogP) is 4.22. The van der Waals surface area contributed by atoms with Crippen molar-refractivity contribution in [3.8, 4) is 12.3 Å². The maximum Gasteiger partial charge on any atom is 0.264 e. The van der Waals surface area contributed by atoms with Gasteiger partial charge in [0.05, 0.1) is 23.0 Å². The van der Waals surface area contributed by atoms with Gasteiger partial charge in [0.25, 0.3) is 11.8 Å². The molecule has 28 heavy (non-hydrogen) atoms. The number of aryl methyl sites for hydroxylation is 1. The minimum Gasteiger partial charge on any atom is -0.339 e. The summed E-state index contributed by atoms with van der Waals surface area (Å²) < 4.78 is 1.14. The zero-order valence-electron chi connectivity index (χ0n) is 15.7. The van der Waals surface area contributed by atoms with E-state index in [0.29, 0.717) is 25.1 Å². The molecule has 1 atom stereocenters. The van der Waals surface area contributed by atoms with Crippen molar-refractivity contribution in [3.63, 3.8) is 0 Å². The van der Waals surface area contributed by atoms with Crippen LogP contribution in [0.15, 0.2) is 29.6 Å². The third-order valence-corrected chi connectivity index (χ3v) is 7.06. The van der Waals surface area contributed by atoms with E-state index >= 15 is 0 Å². The lowest BCUT2D eigenvalue weighted by Crippen LogP contribution is -2.36. The number of carbonyl (C=O) groups is 2. The SMILES string of the molecule is C#CC(C)NC(=O)c1csc2c1CCN(C(=O)c1cc3ccc(C)cc3s1)C2. The molecule has 142 valence electrons. The average molecular weight is 409 g/mol. The molecule has 0 saturated carbocycles. The molecule has 2 aromatic heterocycles. The molecule has 0 fully saturated rings. The number of hydrogen-bond acceptors (Lipinski definition) is 4. The van der Waals surface area contributed by atoms with Crippen molar-refractivity contribution in [2.45, 2.75) is 32.9 Å². The van der Waals surface area contributed by atoms with E-state index in [9.17, 15) is 9.59 Å². The smallest absolute Gasteiger partial charge is 0.264 e. The number of rotatable bonds is 3. The number of nitrogens with one attached hydrogen (secondary N) is 1. The molecule has 3 heterocycles. The summed E-state index contributed by atoms with van der Waals surface area (Å²) in [5.41, 5.74) is 2.92. The summed E-state index contributed by atoms with van der Waals surface area (Å²) in [6, 6.07) is 7.92. The Morgan fingerprint density at radius 3 is 2.93 bits per heavy atom. The lowest BCUT2D eigenvalue weighted by molar-refractivity contribution is 0.0742. The maximum atomic E-state index is 13.0. The van der Waals surface area contributed by atoms with Crippen molar-refractivity contribution < 1.29 is 9.59 Å². The van der Waals surface area contributed by atoms with Crippen LogP contribution in [0.25, 0.3) is 10.1 Å². The average Bonchev–Trinajstić information content (AvgIpc) is 3.30. The summed E-state index contributed by atoms with van der Waals surface area (Å²) in [6.45, 7) is 5.00. The first kappa shape index (κ1) is 18.7. The van der Waals surface area contributed by atoms with E-state index < -0.39 is 0 Å². The Balaban J connectivity index is 1.53. The summed E-state index contributed by atoms with van der Waals surface area (Å²) in [5.74, 6) is 2.44. The molecule has 1 unspecified atom stereocenters. The van der Waals surface area contributed by atoms with Crippen molar-refractivity contribution in [2.24, 2.45) is 0 Å². The quantitative estimate of drug-likeness (QED) is 0.660. The minimum absolute atomic E-state index is 0.0601. The van der Waals surface area contributed by atoms with E-state index in [1.807, 2.05) is 16.3 Å². The van der Waals surface area contributed by atoms with Crippen LogP contribution >= 0.6 is 22.7 Å². The number of amides is 2. The van der Waals surface area contributed by atoms with Gasteiger partial charge in [0, 0.05) is 21.5 Å². The fourth-order valence-electron chi connectivity index (χ4n) is 3.41. The Morgan fingerprint density at radius 1 is 1.32 bits per heavy atom. The summed E-state index contributed by atoms with van der Waals surface area (Å²) in [5, 5.41) is 5.79. The summed E-state index contributed by atoms with van der Waals surface area (Å²) in [4.78, 5) is 29.2. The molecule has 0 bridgehead atoms. The van der Waals surface area contributed by atoms with Gasteiger partial charge in [0.15, 0.2) is 0 Å². The Kier molecular flexibility index (Phi) is 4.96. The fourth-order valence-corrected chi connectivity index (χ4v) is 5.63. The van der Waals surface area contributed by atoms with E-state index in [-0.39, 0.29) is 17.9 Å². The third-order valence-electron chi connectivity index (χ3n) is 4.96. The predicted molar refractivity (Wildman–Crippen MR) is 115 cm³/mol. The van der Waals surface area contributed by atoms with Crippen LogP contribution in [0, 0.1) is 19.3 Å². The van der Waals surface area contributed by atoms with E-state index in [2.05, 4.69) is 36.4 Å². The highest BCUT2D eigenvalue weighted by molar-refractivity contribution is 7.20. The molecule has 1 aliphatic rings. The Morgan fingerprint density at radius 2 is 2.14 bits per heavy atom. The molecule has 4 rings (SSSR count). The Hall–Kier alpha value is -2.62. The first-order chi connectivity index (χ1) is 13.5. The molecule has 2 amide bonds. The molecule has 4 nitrogen and oxygen atoms in total. The molecule has 0 spiro atoms. The number of benzene rings is 1. The Labute approximate surface area is 172 Å². The zero-order valence-corrected chi connectivity index (χ0v) is 17.4. The van der Waals surface area contributed by atoms with Crippen molar-refractivity contribution in [1.29, 1.82) is 0 Å². The highest BCUT2D eigenvalue weighted by Gasteiger charge is 2.28. The lowest BCUT2D eigenvalue weighted by atomic mass is 10.0. The van der Waals surface area contributed by atoms with Gasteiger partial charge in [-0.25, -0.2) is 0 Å². The molecular formula is C22H20N2O2S2. The van der Waals surface area contributed by atoms with E-state index in [1.165, 1.54) is 16.9 Å². The highest BCUT2D eigenvalue weighted by Crippen LogP contribution is 2.32. The molecule has 0 aliphatic carbocycles. The second-order valence-electron chi connectivity index (χ2n) is 7.04. The zero-order chi connectivity index (χ0) is 19.8. The molecule has 0 saturated heterocycles. The lowest BCUT2D eigenvalue weighted by Gasteiger charge is -2.27. The summed E-state index contributed by atoms with van der Waals surface area (Å²) in [7, 11) is 0. The molecule has 6 heteroatoms. The minimum atomic E-state index is -0.304. The molecule has 3 aromatic rings. The van der Waals surface area contributed by atoms with Gasteiger partial charge in [-0.1, -0.05) is 18.1 Å². The van der Waals surface area contributed by atoms with Crippen LogP contribution in [0.1, 0.15) is 43.0 Å². The second kappa shape index (κ2) is 7.42. The van der Waals surface area contributed by atoms with Crippen LogP contribution in [0.4, 0.5) is 0 Å². The highest BCUT2D eigenvalue weighted by atomic mass is 32.1. The summed E-state index contributed by atoms with van der Waals surface area (Å²) >= 11 is 3.08. The fraction of sp³-hybridized carbons (Fsp3) is 0.273. The molecule has 0 radical (unpaired) electrons. The maximum absolute atomic E-state index is 13.0. The third kappa shape index (κ3) is 3.44. The molecule has 1 aromatic carbocycles.